The van der Waals surface area contributed by atoms with E-state index in [2.05, 4.69) is 24.4 Å². The number of amides is 2. The van der Waals surface area contributed by atoms with Crippen molar-refractivity contribution in [2.24, 2.45) is 11.3 Å². The minimum atomic E-state index is 0.0466. The second-order valence-electron chi connectivity index (χ2n) is 6.34. The summed E-state index contributed by atoms with van der Waals surface area (Å²) in [5, 5.41) is 12.6. The van der Waals surface area contributed by atoms with Gasteiger partial charge in [0, 0.05) is 26.2 Å². The Morgan fingerprint density at radius 2 is 2.15 bits per heavy atom. The normalized spacial score (nSPS) is 25.5. The number of rotatable bonds is 4. The van der Waals surface area contributed by atoms with Gasteiger partial charge in [-0.25, -0.2) is 4.79 Å². The second kappa shape index (κ2) is 7.11. The molecule has 1 saturated heterocycles. The fourth-order valence-corrected chi connectivity index (χ4v) is 3.19. The highest BCUT2D eigenvalue weighted by Gasteiger charge is 2.33. The van der Waals surface area contributed by atoms with E-state index in [1.807, 2.05) is 4.90 Å². The molecule has 1 fully saturated rings. The van der Waals surface area contributed by atoms with Crippen LogP contribution in [-0.2, 0) is 0 Å². The van der Waals surface area contributed by atoms with E-state index in [4.69, 9.17) is 0 Å². The Labute approximate surface area is 122 Å². The fourth-order valence-electron chi connectivity index (χ4n) is 3.19. The molecule has 0 aromatic carbocycles. The zero-order valence-electron chi connectivity index (χ0n) is 12.6. The molecular formula is C16H28N2O2. The minimum Gasteiger partial charge on any atom is -0.396 e. The van der Waals surface area contributed by atoms with Crippen molar-refractivity contribution in [3.8, 4) is 0 Å². The zero-order chi connectivity index (χ0) is 14.4. The molecule has 1 aliphatic carbocycles. The van der Waals surface area contributed by atoms with Crippen molar-refractivity contribution >= 4 is 6.03 Å². The molecule has 2 aliphatic rings. The van der Waals surface area contributed by atoms with Gasteiger partial charge in [-0.15, -0.1) is 0 Å². The van der Waals surface area contributed by atoms with Crippen molar-refractivity contribution in [1.29, 1.82) is 0 Å². The molecule has 1 aliphatic heterocycles. The van der Waals surface area contributed by atoms with Crippen molar-refractivity contribution < 1.29 is 9.90 Å². The molecule has 20 heavy (non-hydrogen) atoms. The lowest BCUT2D eigenvalue weighted by Crippen LogP contribution is -2.49. The molecular weight excluding hydrogens is 252 g/mol. The molecule has 114 valence electrons. The van der Waals surface area contributed by atoms with Gasteiger partial charge in [0.1, 0.15) is 0 Å². The number of piperidine rings is 1. The quantitative estimate of drug-likeness (QED) is 0.778. The van der Waals surface area contributed by atoms with Crippen molar-refractivity contribution in [3.63, 3.8) is 0 Å². The summed E-state index contributed by atoms with van der Waals surface area (Å²) in [6.45, 7) is 4.70. The summed E-state index contributed by atoms with van der Waals surface area (Å²) in [7, 11) is 0. The third kappa shape index (κ3) is 3.75. The van der Waals surface area contributed by atoms with Crippen molar-refractivity contribution in [3.05, 3.63) is 12.2 Å². The highest BCUT2D eigenvalue weighted by molar-refractivity contribution is 5.74. The molecule has 0 saturated carbocycles. The van der Waals surface area contributed by atoms with E-state index in [9.17, 15) is 9.90 Å². The highest BCUT2D eigenvalue weighted by atomic mass is 16.3. The van der Waals surface area contributed by atoms with Gasteiger partial charge in [0.25, 0.3) is 0 Å². The molecule has 0 aromatic rings. The van der Waals surface area contributed by atoms with Crippen LogP contribution >= 0.6 is 0 Å². The Hall–Kier alpha value is -1.03. The van der Waals surface area contributed by atoms with Gasteiger partial charge >= 0.3 is 6.03 Å². The predicted molar refractivity (Wildman–Crippen MR) is 80.5 cm³/mol. The average molecular weight is 280 g/mol. The van der Waals surface area contributed by atoms with E-state index in [1.165, 1.54) is 6.42 Å². The molecule has 2 N–H and O–H groups in total. The van der Waals surface area contributed by atoms with Gasteiger partial charge in [-0.05, 0) is 49.9 Å². The molecule has 4 heteroatoms. The first kappa shape index (κ1) is 15.4. The van der Waals surface area contributed by atoms with Gasteiger partial charge in [-0.3, -0.25) is 0 Å². The molecule has 0 bridgehead atoms. The van der Waals surface area contributed by atoms with Gasteiger partial charge in [-0.1, -0.05) is 19.1 Å². The standard InChI is InChI=1S/C16H28N2O2/c1-2-16(13-19)8-10-18(11-9-16)15(20)17-12-14-6-4-3-5-7-14/h3-4,14,19H,2,5-13H2,1H3,(H,17,20). The predicted octanol–water partition coefficient (Wildman–Crippen LogP) is 2.54. The van der Waals surface area contributed by atoms with Crippen molar-refractivity contribution in [2.75, 3.05) is 26.2 Å². The van der Waals surface area contributed by atoms with Gasteiger partial charge in [0.2, 0.25) is 0 Å². The second-order valence-corrected chi connectivity index (χ2v) is 6.34. The number of aliphatic hydroxyl groups excluding tert-OH is 1. The molecule has 0 aromatic heterocycles. The van der Waals surface area contributed by atoms with Crippen LogP contribution in [0.5, 0.6) is 0 Å². The topological polar surface area (TPSA) is 52.6 Å². The zero-order valence-corrected chi connectivity index (χ0v) is 12.6. The number of carbonyl (C=O) groups excluding carboxylic acids is 1. The number of allylic oxidation sites excluding steroid dienone is 2. The average Bonchev–Trinajstić information content (AvgIpc) is 2.53. The van der Waals surface area contributed by atoms with Crippen LogP contribution in [0.2, 0.25) is 0 Å². The van der Waals surface area contributed by atoms with Crippen LogP contribution in [0.3, 0.4) is 0 Å². The fraction of sp³-hybridized carbons (Fsp3) is 0.812. The van der Waals surface area contributed by atoms with Gasteiger partial charge in [-0.2, -0.15) is 0 Å². The Morgan fingerprint density at radius 3 is 2.70 bits per heavy atom. The maximum absolute atomic E-state index is 12.2. The summed E-state index contributed by atoms with van der Waals surface area (Å²) in [6.07, 6.45) is 10.7. The van der Waals surface area contributed by atoms with Crippen LogP contribution in [0.1, 0.15) is 45.4 Å². The van der Waals surface area contributed by atoms with Gasteiger partial charge in [0.05, 0.1) is 0 Å². The molecule has 1 heterocycles. The Morgan fingerprint density at radius 1 is 1.40 bits per heavy atom. The summed E-state index contributed by atoms with van der Waals surface area (Å²) < 4.78 is 0. The first-order chi connectivity index (χ1) is 9.69. The first-order valence-electron chi connectivity index (χ1n) is 7.98. The van der Waals surface area contributed by atoms with Crippen LogP contribution in [0.15, 0.2) is 12.2 Å². The molecule has 1 unspecified atom stereocenters. The summed E-state index contributed by atoms with van der Waals surface area (Å²) in [6, 6.07) is 0.0715. The lowest BCUT2D eigenvalue weighted by Gasteiger charge is -2.40. The summed E-state index contributed by atoms with van der Waals surface area (Å²) >= 11 is 0. The Kier molecular flexibility index (Phi) is 5.46. The number of nitrogens with zero attached hydrogens (tertiary/aromatic N) is 1. The van der Waals surface area contributed by atoms with E-state index in [0.29, 0.717) is 5.92 Å². The summed E-state index contributed by atoms with van der Waals surface area (Å²) in [5.41, 5.74) is 0.0466. The molecule has 4 nitrogen and oxygen atoms in total. The molecule has 0 radical (unpaired) electrons. The lowest BCUT2D eigenvalue weighted by molar-refractivity contribution is 0.0518. The Bertz CT molecular complexity index is 340. The van der Waals surface area contributed by atoms with E-state index < -0.39 is 0 Å². The number of nitrogens with one attached hydrogen (secondary N) is 1. The molecule has 0 spiro atoms. The SMILES string of the molecule is CCC1(CO)CCN(C(=O)NCC2CC=CCC2)CC1. The number of aliphatic hydroxyl groups is 1. The number of urea groups is 1. The third-order valence-electron chi connectivity index (χ3n) is 5.12. The van der Waals surface area contributed by atoms with E-state index in [0.717, 1.165) is 51.7 Å². The van der Waals surface area contributed by atoms with Crippen molar-refractivity contribution in [2.45, 2.75) is 45.4 Å². The first-order valence-corrected chi connectivity index (χ1v) is 7.98. The molecule has 2 rings (SSSR count). The highest BCUT2D eigenvalue weighted by Crippen LogP contribution is 2.34. The monoisotopic (exact) mass is 280 g/mol. The number of likely N-dealkylation sites (tertiary alicyclic amines) is 1. The largest absolute Gasteiger partial charge is 0.396 e. The minimum absolute atomic E-state index is 0.0466. The van der Waals surface area contributed by atoms with Gasteiger partial charge in [0.15, 0.2) is 0 Å². The summed E-state index contributed by atoms with van der Waals surface area (Å²) in [5.74, 6) is 0.598. The van der Waals surface area contributed by atoms with Crippen LogP contribution in [0.25, 0.3) is 0 Å². The van der Waals surface area contributed by atoms with E-state index >= 15 is 0 Å². The molecule has 2 amide bonds. The van der Waals surface area contributed by atoms with Gasteiger partial charge < -0.3 is 15.3 Å². The number of hydrogen-bond donors (Lipinski definition) is 2. The van der Waals surface area contributed by atoms with Crippen molar-refractivity contribution in [1.82, 2.24) is 10.2 Å². The van der Waals surface area contributed by atoms with Crippen LogP contribution in [0, 0.1) is 11.3 Å². The smallest absolute Gasteiger partial charge is 0.317 e. The van der Waals surface area contributed by atoms with Crippen LogP contribution in [0.4, 0.5) is 4.79 Å². The van der Waals surface area contributed by atoms with Crippen LogP contribution < -0.4 is 5.32 Å². The lowest BCUT2D eigenvalue weighted by atomic mass is 9.77. The third-order valence-corrected chi connectivity index (χ3v) is 5.12. The van der Waals surface area contributed by atoms with Crippen LogP contribution in [-0.4, -0.2) is 42.3 Å². The number of hydrogen-bond acceptors (Lipinski definition) is 2. The van der Waals surface area contributed by atoms with E-state index in [1.54, 1.807) is 0 Å². The Balaban J connectivity index is 1.73. The number of carbonyl (C=O) groups is 1. The maximum Gasteiger partial charge on any atom is 0.317 e. The maximum atomic E-state index is 12.2. The van der Waals surface area contributed by atoms with E-state index in [-0.39, 0.29) is 18.1 Å². The summed E-state index contributed by atoms with van der Waals surface area (Å²) in [4.78, 5) is 14.1. The molecule has 1 atom stereocenters.